The molecule has 0 radical (unpaired) electrons. The van der Waals surface area contributed by atoms with Gasteiger partial charge in [-0.15, -0.1) is 28.7 Å². The van der Waals surface area contributed by atoms with Gasteiger partial charge in [-0.3, -0.25) is 0 Å². The van der Waals surface area contributed by atoms with Gasteiger partial charge in [0.1, 0.15) is 0 Å². The molecule has 9 rings (SSSR count). The van der Waals surface area contributed by atoms with Gasteiger partial charge in [0.05, 0.1) is 22.3 Å². The van der Waals surface area contributed by atoms with Gasteiger partial charge in [0.15, 0.2) is 0 Å². The van der Waals surface area contributed by atoms with Crippen LogP contribution in [0.1, 0.15) is 119 Å². The Labute approximate surface area is 359 Å². The molecule has 1 aromatic carbocycles. The molecular weight excluding hydrogens is 721 g/mol. The van der Waals surface area contributed by atoms with Gasteiger partial charge in [-0.2, -0.15) is 0 Å². The smallest absolute Gasteiger partial charge is 0.0744 e. The molecule has 0 amide bonds. The molecule has 0 nitrogen and oxygen atoms in total. The highest BCUT2D eigenvalue weighted by Crippen LogP contribution is 2.49. The van der Waals surface area contributed by atoms with Crippen LogP contribution in [0.4, 0.5) is 0 Å². The average Bonchev–Trinajstić information content (AvgIpc) is 3.53. The summed E-state index contributed by atoms with van der Waals surface area (Å²) in [7, 11) is 0. The van der Waals surface area contributed by atoms with E-state index in [1.165, 1.54) is 78.0 Å². The topological polar surface area (TPSA) is 0 Å². The molecule has 0 saturated heterocycles. The van der Waals surface area contributed by atoms with Crippen LogP contribution in [0.5, 0.6) is 0 Å². The van der Waals surface area contributed by atoms with E-state index in [0.29, 0.717) is 12.8 Å². The first kappa shape index (κ1) is 39.6. The molecule has 0 spiro atoms. The van der Waals surface area contributed by atoms with Crippen LogP contribution in [-0.2, 0) is 5.41 Å². The van der Waals surface area contributed by atoms with Crippen molar-refractivity contribution in [3.05, 3.63) is 226 Å². The van der Waals surface area contributed by atoms with E-state index >= 15 is 0 Å². The van der Waals surface area contributed by atoms with Gasteiger partial charge in [0.2, 0.25) is 0 Å². The Hall–Kier alpha value is -5.87. The number of allylic oxidation sites excluding steroid dienone is 22. The van der Waals surface area contributed by atoms with Crippen molar-refractivity contribution in [3.8, 4) is 0 Å². The van der Waals surface area contributed by atoms with Crippen LogP contribution >= 0.6 is 0 Å². The van der Waals surface area contributed by atoms with E-state index in [4.69, 9.17) is 0 Å². The summed E-state index contributed by atoms with van der Waals surface area (Å²) in [6.45, 7) is 27.4. The third kappa shape index (κ3) is 7.14. The minimum absolute atomic E-state index is 0.000974. The Kier molecular flexibility index (Phi) is 9.13. The lowest BCUT2D eigenvalue weighted by Gasteiger charge is -2.18. The van der Waals surface area contributed by atoms with Crippen LogP contribution in [0.3, 0.4) is 0 Å². The number of fused-ring (bicyclic) bond motifs is 13. The summed E-state index contributed by atoms with van der Waals surface area (Å²) in [4.78, 5) is 0. The van der Waals surface area contributed by atoms with Gasteiger partial charge >= 0.3 is 0 Å². The van der Waals surface area contributed by atoms with Gasteiger partial charge in [-0.25, -0.2) is 0 Å². The summed E-state index contributed by atoms with van der Waals surface area (Å²) in [6.07, 6.45) is 27.4. The standard InChI is InChI=1S/C60H57/c1-57(2,3)45-13-21-49-37-29-38(50(49)22-14-45)34-40-31-42(54-26-18-47(59(7,8)9)16-24-52(40)54)36-44-32-43(55-27-19-48(60(10,11)12)20-28-56(44)55)35-41-30-39(33-37)51-23-15-46(58(4,5)6)17-25-53(41)51/h13-23,26-27,29,33H,34-36H2,1-12H3/q+1/b37-33+. The molecule has 8 aliphatic carbocycles. The molecule has 0 saturated carbocycles. The van der Waals surface area contributed by atoms with E-state index in [-0.39, 0.29) is 21.7 Å². The third-order valence-electron chi connectivity index (χ3n) is 12.9. The fraction of sp³-hybridized carbons (Fsp3) is 0.317. The minimum Gasteiger partial charge on any atom is -0.111 e. The number of hydrogen-bond donors (Lipinski definition) is 0. The van der Waals surface area contributed by atoms with Crippen LogP contribution in [0, 0.1) is 16.2 Å². The van der Waals surface area contributed by atoms with Gasteiger partial charge in [0, 0.05) is 104 Å². The summed E-state index contributed by atoms with van der Waals surface area (Å²) in [5, 5.41) is 0. The van der Waals surface area contributed by atoms with Crippen LogP contribution in [0.25, 0.3) is 11.1 Å². The molecule has 0 atom stereocenters. The summed E-state index contributed by atoms with van der Waals surface area (Å²) in [5.41, 5.74) is 47.6. The zero-order chi connectivity index (χ0) is 42.5. The van der Waals surface area contributed by atoms with Gasteiger partial charge in [-0.05, 0) is 80.4 Å². The zero-order valence-corrected chi connectivity index (χ0v) is 37.8. The van der Waals surface area contributed by atoms with Crippen molar-refractivity contribution < 1.29 is 0 Å². The molecule has 60 heavy (non-hydrogen) atoms. The second kappa shape index (κ2) is 13.8. The molecule has 0 fully saturated rings. The summed E-state index contributed by atoms with van der Waals surface area (Å²) in [6, 6.07) is 9.37. The largest absolute Gasteiger partial charge is 0.111 e. The van der Waals surface area contributed by atoms with Gasteiger partial charge < -0.3 is 0 Å². The van der Waals surface area contributed by atoms with Crippen LogP contribution in [-0.4, -0.2) is 0 Å². The fourth-order valence-electron chi connectivity index (χ4n) is 9.10. The predicted octanol–water partition coefficient (Wildman–Crippen LogP) is 15.6. The fourth-order valence-corrected chi connectivity index (χ4v) is 9.10. The first-order valence-corrected chi connectivity index (χ1v) is 21.8. The quantitative estimate of drug-likeness (QED) is 0.182. The lowest BCUT2D eigenvalue weighted by Crippen LogP contribution is -2.09. The van der Waals surface area contributed by atoms with E-state index in [9.17, 15) is 0 Å². The van der Waals surface area contributed by atoms with E-state index in [0.717, 1.165) is 39.9 Å². The van der Waals surface area contributed by atoms with E-state index in [1.54, 1.807) is 0 Å². The highest BCUT2D eigenvalue weighted by Gasteiger charge is 2.34. The Bertz CT molecular complexity index is 2960. The molecule has 0 N–H and O–H groups in total. The summed E-state index contributed by atoms with van der Waals surface area (Å²) >= 11 is 0. The van der Waals surface area contributed by atoms with Crippen molar-refractivity contribution in [1.29, 1.82) is 0 Å². The Morgan fingerprint density at radius 1 is 0.450 bits per heavy atom. The van der Waals surface area contributed by atoms with E-state index < -0.39 is 0 Å². The van der Waals surface area contributed by atoms with E-state index in [2.05, 4.69) is 209 Å². The molecule has 0 unspecified atom stereocenters. The summed E-state index contributed by atoms with van der Waals surface area (Å²) < 4.78 is 0. The molecule has 8 aliphatic rings. The van der Waals surface area contributed by atoms with Crippen molar-refractivity contribution in [2.75, 3.05) is 0 Å². The maximum Gasteiger partial charge on any atom is 0.0744 e. The molecule has 0 aliphatic heterocycles. The third-order valence-corrected chi connectivity index (χ3v) is 12.9. The predicted molar refractivity (Wildman–Crippen MR) is 253 cm³/mol. The Balaban J connectivity index is 1.31. The lowest BCUT2D eigenvalue weighted by atomic mass is 9.86. The second-order valence-corrected chi connectivity index (χ2v) is 21.5. The highest BCUT2D eigenvalue weighted by molar-refractivity contribution is 5.98. The zero-order valence-electron chi connectivity index (χ0n) is 37.8. The van der Waals surface area contributed by atoms with E-state index in [1.807, 2.05) is 0 Å². The molecule has 8 bridgehead atoms. The molecule has 0 aromatic heterocycles. The SMILES string of the molecule is CC(C)(C)C1=CC=C2C3=C=C(CC4=C=C(CC5=C=C(CC6=C/C(=C\3)[c+]3ccc(C(C)(C)C)ccc36)C3=C=CC(C(C)(C)C)=CC=C53)C3=C=CC(C(C)(C)C)=CC=C43)C2=C=C1. The first-order valence-electron chi connectivity index (χ1n) is 21.8. The molecular formula is C60H57+. The maximum atomic E-state index is 4.02. The lowest BCUT2D eigenvalue weighted by molar-refractivity contribution is 0.517. The molecule has 0 heteroatoms. The van der Waals surface area contributed by atoms with Crippen molar-refractivity contribution in [2.24, 2.45) is 16.2 Å². The Morgan fingerprint density at radius 2 is 0.917 bits per heavy atom. The van der Waals surface area contributed by atoms with Crippen molar-refractivity contribution in [2.45, 2.75) is 108 Å². The van der Waals surface area contributed by atoms with Gasteiger partial charge in [0.25, 0.3) is 0 Å². The molecule has 0 heterocycles. The molecule has 1 aromatic rings. The van der Waals surface area contributed by atoms with Crippen molar-refractivity contribution >= 4 is 11.1 Å². The first-order chi connectivity index (χ1) is 28.2. The second-order valence-electron chi connectivity index (χ2n) is 21.5. The highest BCUT2D eigenvalue weighted by atomic mass is 14.3. The average molecular weight is 778 g/mol. The maximum absolute atomic E-state index is 4.02. The monoisotopic (exact) mass is 777 g/mol. The van der Waals surface area contributed by atoms with Crippen LogP contribution < -0.4 is 0 Å². The number of rotatable bonds is 0. The van der Waals surface area contributed by atoms with Gasteiger partial charge in [-0.1, -0.05) is 125 Å². The molecule has 296 valence electrons. The Morgan fingerprint density at radius 3 is 1.42 bits per heavy atom. The van der Waals surface area contributed by atoms with Crippen molar-refractivity contribution in [3.63, 3.8) is 0 Å². The number of hydrogen-bond acceptors (Lipinski definition) is 0. The minimum atomic E-state index is -0.00618. The summed E-state index contributed by atoms with van der Waals surface area (Å²) in [5.74, 6) is 0. The normalized spacial score (nSPS) is 21.2. The van der Waals surface area contributed by atoms with Crippen molar-refractivity contribution in [1.82, 2.24) is 0 Å². The van der Waals surface area contributed by atoms with Crippen LogP contribution in [0.15, 0.2) is 209 Å². The van der Waals surface area contributed by atoms with Crippen LogP contribution in [0.2, 0.25) is 0 Å².